The fourth-order valence-electron chi connectivity index (χ4n) is 2.53. The number of ether oxygens (including phenoxy) is 2. The summed E-state index contributed by atoms with van der Waals surface area (Å²) in [5, 5.41) is 3.33. The number of amides is 1. The van der Waals surface area contributed by atoms with Gasteiger partial charge in [-0.1, -0.05) is 23.2 Å². The van der Waals surface area contributed by atoms with Crippen LogP contribution in [0, 0.1) is 0 Å². The van der Waals surface area contributed by atoms with Crippen molar-refractivity contribution in [3.63, 3.8) is 0 Å². The number of hydrogen-bond acceptors (Lipinski definition) is 3. The van der Waals surface area contributed by atoms with Gasteiger partial charge in [-0.05, 0) is 26.0 Å². The quantitative estimate of drug-likeness (QED) is 0.860. The highest BCUT2D eigenvalue weighted by Crippen LogP contribution is 2.38. The molecule has 1 aromatic carbocycles. The molecule has 7 heteroatoms. The van der Waals surface area contributed by atoms with Crippen molar-refractivity contribution in [2.24, 2.45) is 0 Å². The molecule has 23 heavy (non-hydrogen) atoms. The molecule has 1 aliphatic rings. The first-order valence-corrected chi connectivity index (χ1v) is 8.05. The summed E-state index contributed by atoms with van der Waals surface area (Å²) in [7, 11) is 0. The maximum Gasteiger partial charge on any atom is 0.272 e. The maximum atomic E-state index is 12.3. The van der Waals surface area contributed by atoms with Crippen molar-refractivity contribution in [3.8, 4) is 11.5 Å². The van der Waals surface area contributed by atoms with E-state index in [9.17, 15) is 4.79 Å². The normalized spacial score (nSPS) is 15.9. The Balaban J connectivity index is 1.89. The minimum absolute atomic E-state index is 0.117. The van der Waals surface area contributed by atoms with E-state index in [1.54, 1.807) is 6.07 Å². The van der Waals surface area contributed by atoms with Gasteiger partial charge in [0, 0.05) is 18.1 Å². The summed E-state index contributed by atoms with van der Waals surface area (Å²) in [6.45, 7) is 4.39. The lowest BCUT2D eigenvalue weighted by atomic mass is 10.1. The van der Waals surface area contributed by atoms with Crippen molar-refractivity contribution >= 4 is 34.8 Å². The highest BCUT2D eigenvalue weighted by Gasteiger charge is 2.23. The van der Waals surface area contributed by atoms with Crippen molar-refractivity contribution in [2.75, 3.05) is 11.9 Å². The van der Waals surface area contributed by atoms with Crippen LogP contribution in [0.1, 0.15) is 29.9 Å². The molecule has 1 amide bonds. The Morgan fingerprint density at radius 1 is 1.43 bits per heavy atom. The number of halogens is 2. The lowest BCUT2D eigenvalue weighted by Crippen LogP contribution is -2.13. The smallest absolute Gasteiger partial charge is 0.272 e. The Morgan fingerprint density at radius 2 is 2.22 bits per heavy atom. The lowest BCUT2D eigenvalue weighted by Gasteiger charge is -2.13. The Hall–Kier alpha value is -1.85. The van der Waals surface area contributed by atoms with Crippen molar-refractivity contribution < 1.29 is 14.3 Å². The summed E-state index contributed by atoms with van der Waals surface area (Å²) in [5.41, 5.74) is 1.90. The molecular weight excluding hydrogens is 339 g/mol. The van der Waals surface area contributed by atoms with Crippen LogP contribution in [0.2, 0.25) is 10.2 Å². The minimum Gasteiger partial charge on any atom is -0.492 e. The fraction of sp³-hybridized carbons (Fsp3) is 0.312. The molecular formula is C16H16Cl2N2O3. The molecule has 122 valence electrons. The zero-order chi connectivity index (χ0) is 16.6. The molecule has 5 nitrogen and oxygen atoms in total. The van der Waals surface area contributed by atoms with E-state index >= 15 is 0 Å². The van der Waals surface area contributed by atoms with Gasteiger partial charge in [0.1, 0.15) is 28.5 Å². The van der Waals surface area contributed by atoms with E-state index < -0.39 is 0 Å². The molecule has 0 saturated carbocycles. The molecule has 2 N–H and O–H groups in total. The first-order chi connectivity index (χ1) is 11.0. The number of aromatic nitrogens is 1. The van der Waals surface area contributed by atoms with Crippen molar-refractivity contribution in [1.82, 2.24) is 4.98 Å². The summed E-state index contributed by atoms with van der Waals surface area (Å²) in [4.78, 5) is 15.1. The minimum atomic E-state index is -0.356. The summed E-state index contributed by atoms with van der Waals surface area (Å²) < 4.78 is 11.4. The number of benzene rings is 1. The van der Waals surface area contributed by atoms with Crippen LogP contribution in [0.3, 0.4) is 0 Å². The average Bonchev–Trinajstić information content (AvgIpc) is 3.01. The van der Waals surface area contributed by atoms with Gasteiger partial charge in [0.25, 0.3) is 5.91 Å². The summed E-state index contributed by atoms with van der Waals surface area (Å²) in [6.07, 6.45) is 0.942. The van der Waals surface area contributed by atoms with Crippen molar-refractivity contribution in [3.05, 3.63) is 39.6 Å². The predicted octanol–water partition coefficient (Wildman–Crippen LogP) is 4.30. The number of carbonyl (C=O) groups is 1. The van der Waals surface area contributed by atoms with E-state index in [0.717, 1.165) is 17.7 Å². The Morgan fingerprint density at radius 3 is 2.87 bits per heavy atom. The molecule has 1 aromatic heterocycles. The van der Waals surface area contributed by atoms with Crippen LogP contribution < -0.4 is 14.8 Å². The monoisotopic (exact) mass is 354 g/mol. The highest BCUT2D eigenvalue weighted by atomic mass is 35.5. The molecule has 0 bridgehead atoms. The third-order valence-electron chi connectivity index (χ3n) is 3.52. The molecule has 1 atom stereocenters. The number of anilines is 1. The molecule has 1 aliphatic heterocycles. The molecule has 1 unspecified atom stereocenters. The zero-order valence-electron chi connectivity index (χ0n) is 12.7. The van der Waals surface area contributed by atoms with Crippen LogP contribution in [-0.4, -0.2) is 23.6 Å². The molecule has 0 saturated heterocycles. The van der Waals surface area contributed by atoms with Gasteiger partial charge in [0.2, 0.25) is 0 Å². The topological polar surface area (TPSA) is 63.3 Å². The van der Waals surface area contributed by atoms with Gasteiger partial charge in [-0.15, -0.1) is 0 Å². The number of carbonyl (C=O) groups excluding carboxylic acids is 1. The third-order valence-corrected chi connectivity index (χ3v) is 4.21. The third kappa shape index (κ3) is 3.26. The lowest BCUT2D eigenvalue weighted by molar-refractivity contribution is 0.102. The standard InChI is InChI=1S/C16H16Cl2N2O3/c1-3-22-14-5-9-4-8(2)23-13(9)7-11(14)20-16(21)12-6-10(17)15(18)19-12/h5-8,19H,3-4H2,1-2H3,(H,20,21). The van der Waals surface area contributed by atoms with Gasteiger partial charge < -0.3 is 19.8 Å². The molecule has 0 spiro atoms. The van der Waals surface area contributed by atoms with Gasteiger partial charge in [0.05, 0.1) is 17.3 Å². The maximum absolute atomic E-state index is 12.3. The Kier molecular flexibility index (Phi) is 4.41. The van der Waals surface area contributed by atoms with Crippen molar-refractivity contribution in [1.29, 1.82) is 0 Å². The van der Waals surface area contributed by atoms with Crippen LogP contribution in [0.15, 0.2) is 18.2 Å². The summed E-state index contributed by atoms with van der Waals surface area (Å²) in [5.74, 6) is 1.02. The molecule has 2 aromatic rings. The van der Waals surface area contributed by atoms with E-state index in [-0.39, 0.29) is 22.9 Å². The Bertz CT molecular complexity index is 739. The Labute approximate surface area is 143 Å². The SMILES string of the molecule is CCOc1cc2c(cc1NC(=O)c1cc(Cl)c(Cl)[nH]1)OC(C)C2. The van der Waals surface area contributed by atoms with Crippen LogP contribution in [0.25, 0.3) is 0 Å². The highest BCUT2D eigenvalue weighted by molar-refractivity contribution is 6.41. The number of H-pyrrole nitrogens is 1. The van der Waals surface area contributed by atoms with E-state index in [0.29, 0.717) is 23.1 Å². The van der Waals surface area contributed by atoms with Gasteiger partial charge in [0.15, 0.2) is 0 Å². The predicted molar refractivity (Wildman–Crippen MR) is 90.2 cm³/mol. The van der Waals surface area contributed by atoms with E-state index in [2.05, 4.69) is 10.3 Å². The molecule has 0 aliphatic carbocycles. The van der Waals surface area contributed by atoms with E-state index in [1.807, 2.05) is 19.9 Å². The molecule has 3 rings (SSSR count). The second kappa shape index (κ2) is 6.34. The summed E-state index contributed by atoms with van der Waals surface area (Å²) in [6, 6.07) is 5.17. The number of aromatic amines is 1. The zero-order valence-corrected chi connectivity index (χ0v) is 14.2. The van der Waals surface area contributed by atoms with Crippen molar-refractivity contribution in [2.45, 2.75) is 26.4 Å². The van der Waals surface area contributed by atoms with Crippen LogP contribution in [0.4, 0.5) is 5.69 Å². The van der Waals surface area contributed by atoms with Gasteiger partial charge >= 0.3 is 0 Å². The first kappa shape index (κ1) is 16.0. The largest absolute Gasteiger partial charge is 0.492 e. The number of hydrogen-bond donors (Lipinski definition) is 2. The van der Waals surface area contributed by atoms with Crippen LogP contribution >= 0.6 is 23.2 Å². The van der Waals surface area contributed by atoms with E-state index in [1.165, 1.54) is 6.07 Å². The van der Waals surface area contributed by atoms with Gasteiger partial charge in [-0.25, -0.2) is 0 Å². The second-order valence-electron chi connectivity index (χ2n) is 5.32. The first-order valence-electron chi connectivity index (χ1n) is 7.29. The molecule has 0 fully saturated rings. The average molecular weight is 355 g/mol. The fourth-order valence-corrected chi connectivity index (χ4v) is 2.84. The number of rotatable bonds is 4. The summed E-state index contributed by atoms with van der Waals surface area (Å²) >= 11 is 11.7. The van der Waals surface area contributed by atoms with E-state index in [4.69, 9.17) is 32.7 Å². The van der Waals surface area contributed by atoms with Crippen LogP contribution in [-0.2, 0) is 6.42 Å². The van der Waals surface area contributed by atoms with Gasteiger partial charge in [-0.2, -0.15) is 0 Å². The second-order valence-corrected chi connectivity index (χ2v) is 6.11. The van der Waals surface area contributed by atoms with Crippen LogP contribution in [0.5, 0.6) is 11.5 Å². The molecule has 2 heterocycles. The number of nitrogens with one attached hydrogen (secondary N) is 2. The number of fused-ring (bicyclic) bond motifs is 1. The van der Waals surface area contributed by atoms with Gasteiger partial charge in [-0.3, -0.25) is 4.79 Å². The molecule has 0 radical (unpaired) electrons.